The van der Waals surface area contributed by atoms with Gasteiger partial charge in [0.1, 0.15) is 0 Å². The van der Waals surface area contributed by atoms with Gasteiger partial charge in [-0.2, -0.15) is 0 Å². The van der Waals surface area contributed by atoms with E-state index < -0.39 is 0 Å². The van der Waals surface area contributed by atoms with Crippen molar-refractivity contribution in [3.8, 4) is 0 Å². The SMILES string of the molecule is CCSc1ncc(CNCCNCCO)cn1. The lowest BCUT2D eigenvalue weighted by molar-refractivity contribution is 0.292. The van der Waals surface area contributed by atoms with Crippen molar-refractivity contribution in [2.45, 2.75) is 18.6 Å². The van der Waals surface area contributed by atoms with Crippen LogP contribution >= 0.6 is 11.8 Å². The smallest absolute Gasteiger partial charge is 0.187 e. The summed E-state index contributed by atoms with van der Waals surface area (Å²) in [6.45, 7) is 5.41. The lowest BCUT2D eigenvalue weighted by atomic mass is 10.3. The molecule has 0 radical (unpaired) electrons. The third-order valence-electron chi connectivity index (χ3n) is 2.05. The Bertz CT molecular complexity index is 294. The Kier molecular flexibility index (Phi) is 7.91. The summed E-state index contributed by atoms with van der Waals surface area (Å²) >= 11 is 1.65. The van der Waals surface area contributed by atoms with Crippen LogP contribution in [0, 0.1) is 0 Å². The van der Waals surface area contributed by atoms with Crippen LogP contribution in [-0.4, -0.2) is 47.1 Å². The van der Waals surface area contributed by atoms with E-state index in [1.54, 1.807) is 11.8 Å². The molecule has 1 rings (SSSR count). The molecule has 0 fully saturated rings. The number of hydrogen-bond acceptors (Lipinski definition) is 6. The molecule has 1 aromatic heterocycles. The zero-order valence-electron chi connectivity index (χ0n) is 10.1. The van der Waals surface area contributed by atoms with Crippen LogP contribution < -0.4 is 10.6 Å². The van der Waals surface area contributed by atoms with Crippen molar-refractivity contribution >= 4 is 11.8 Å². The zero-order chi connectivity index (χ0) is 12.3. The molecule has 0 spiro atoms. The van der Waals surface area contributed by atoms with Crippen LogP contribution in [0.1, 0.15) is 12.5 Å². The number of nitrogens with one attached hydrogen (secondary N) is 2. The lowest BCUT2D eigenvalue weighted by Gasteiger charge is -2.05. The first kappa shape index (κ1) is 14.4. The van der Waals surface area contributed by atoms with Crippen molar-refractivity contribution < 1.29 is 5.11 Å². The maximum atomic E-state index is 8.57. The van der Waals surface area contributed by atoms with E-state index in [9.17, 15) is 0 Å². The molecule has 5 nitrogen and oxygen atoms in total. The fourth-order valence-corrected chi connectivity index (χ4v) is 1.76. The van der Waals surface area contributed by atoms with E-state index >= 15 is 0 Å². The topological polar surface area (TPSA) is 70.1 Å². The van der Waals surface area contributed by atoms with Crippen molar-refractivity contribution in [2.24, 2.45) is 0 Å². The summed E-state index contributed by atoms with van der Waals surface area (Å²) < 4.78 is 0. The number of aliphatic hydroxyl groups is 1. The molecular formula is C11H20N4OS. The van der Waals surface area contributed by atoms with E-state index in [0.29, 0.717) is 6.54 Å². The van der Waals surface area contributed by atoms with Gasteiger partial charge >= 0.3 is 0 Å². The van der Waals surface area contributed by atoms with Crippen molar-refractivity contribution in [2.75, 3.05) is 32.0 Å². The number of rotatable bonds is 9. The minimum absolute atomic E-state index is 0.185. The Morgan fingerprint density at radius 3 is 2.53 bits per heavy atom. The summed E-state index contributed by atoms with van der Waals surface area (Å²) in [5, 5.41) is 15.8. The molecule has 0 amide bonds. The second kappa shape index (κ2) is 9.35. The minimum atomic E-state index is 0.185. The van der Waals surface area contributed by atoms with E-state index in [1.165, 1.54) is 0 Å². The van der Waals surface area contributed by atoms with Gasteiger partial charge in [0.2, 0.25) is 0 Å². The molecule has 3 N–H and O–H groups in total. The fraction of sp³-hybridized carbons (Fsp3) is 0.636. The van der Waals surface area contributed by atoms with Crippen molar-refractivity contribution in [1.82, 2.24) is 20.6 Å². The summed E-state index contributed by atoms with van der Waals surface area (Å²) in [6.07, 6.45) is 3.72. The van der Waals surface area contributed by atoms with E-state index in [-0.39, 0.29) is 6.61 Å². The van der Waals surface area contributed by atoms with Gasteiger partial charge in [-0.25, -0.2) is 9.97 Å². The highest BCUT2D eigenvalue weighted by molar-refractivity contribution is 7.99. The standard InChI is InChI=1S/C11H20N4OS/c1-2-17-11-14-8-10(9-15-11)7-13-4-3-12-5-6-16/h8-9,12-13,16H,2-7H2,1H3. The zero-order valence-corrected chi connectivity index (χ0v) is 11.0. The van der Waals surface area contributed by atoms with Gasteiger partial charge in [0.05, 0.1) is 6.61 Å². The predicted octanol–water partition coefficient (Wildman–Crippen LogP) is 0.260. The maximum Gasteiger partial charge on any atom is 0.187 e. The van der Waals surface area contributed by atoms with Crippen LogP contribution in [0.3, 0.4) is 0 Å². The largest absolute Gasteiger partial charge is 0.395 e. The second-order valence-corrected chi connectivity index (χ2v) is 4.69. The molecule has 0 aliphatic rings. The van der Waals surface area contributed by atoms with Crippen molar-refractivity contribution in [3.63, 3.8) is 0 Å². The lowest BCUT2D eigenvalue weighted by Crippen LogP contribution is -2.28. The fourth-order valence-electron chi connectivity index (χ4n) is 1.25. The highest BCUT2D eigenvalue weighted by atomic mass is 32.2. The van der Waals surface area contributed by atoms with Gasteiger partial charge in [-0.1, -0.05) is 18.7 Å². The van der Waals surface area contributed by atoms with Crippen LogP contribution in [0.2, 0.25) is 0 Å². The third kappa shape index (κ3) is 6.58. The molecule has 0 aromatic carbocycles. The van der Waals surface area contributed by atoms with E-state index in [2.05, 4.69) is 27.5 Å². The molecule has 0 saturated carbocycles. The number of nitrogens with zero attached hydrogens (tertiary/aromatic N) is 2. The molecule has 6 heteroatoms. The average molecular weight is 256 g/mol. The molecule has 0 bridgehead atoms. The van der Waals surface area contributed by atoms with Crippen LogP contribution in [0.25, 0.3) is 0 Å². The highest BCUT2D eigenvalue weighted by Crippen LogP contribution is 2.10. The number of aromatic nitrogens is 2. The second-order valence-electron chi connectivity index (χ2n) is 3.46. The van der Waals surface area contributed by atoms with Gasteiger partial charge in [-0.15, -0.1) is 0 Å². The van der Waals surface area contributed by atoms with Crippen molar-refractivity contribution in [1.29, 1.82) is 0 Å². The summed E-state index contributed by atoms with van der Waals surface area (Å²) in [6, 6.07) is 0. The molecule has 17 heavy (non-hydrogen) atoms. The molecule has 1 aromatic rings. The maximum absolute atomic E-state index is 8.57. The molecular weight excluding hydrogens is 236 g/mol. The highest BCUT2D eigenvalue weighted by Gasteiger charge is 1.97. The Hall–Kier alpha value is -0.690. The Morgan fingerprint density at radius 1 is 1.18 bits per heavy atom. The number of aliphatic hydroxyl groups excluding tert-OH is 1. The summed E-state index contributed by atoms with van der Waals surface area (Å²) in [5.74, 6) is 0.994. The van der Waals surface area contributed by atoms with Crippen LogP contribution in [0.15, 0.2) is 17.6 Å². The first-order valence-corrected chi connectivity index (χ1v) is 6.81. The van der Waals surface area contributed by atoms with Crippen molar-refractivity contribution in [3.05, 3.63) is 18.0 Å². The summed E-state index contributed by atoms with van der Waals surface area (Å²) in [4.78, 5) is 8.52. The van der Waals surface area contributed by atoms with Gasteiger partial charge in [0.25, 0.3) is 0 Å². The summed E-state index contributed by atoms with van der Waals surface area (Å²) in [7, 11) is 0. The Balaban J connectivity index is 2.14. The van der Waals surface area contributed by atoms with Gasteiger partial charge < -0.3 is 15.7 Å². The third-order valence-corrected chi connectivity index (χ3v) is 2.81. The predicted molar refractivity (Wildman–Crippen MR) is 70.1 cm³/mol. The van der Waals surface area contributed by atoms with Crippen LogP contribution in [0.4, 0.5) is 0 Å². The van der Waals surface area contributed by atoms with Gasteiger partial charge in [-0.05, 0) is 5.75 Å². The first-order chi connectivity index (χ1) is 8.36. The summed E-state index contributed by atoms with van der Waals surface area (Å²) in [5.41, 5.74) is 1.09. The average Bonchev–Trinajstić information content (AvgIpc) is 2.36. The molecule has 0 aliphatic carbocycles. The van der Waals surface area contributed by atoms with E-state index in [4.69, 9.17) is 5.11 Å². The molecule has 96 valence electrons. The van der Waals surface area contributed by atoms with Gasteiger partial charge in [0.15, 0.2) is 5.16 Å². The molecule has 0 saturated heterocycles. The first-order valence-electron chi connectivity index (χ1n) is 5.82. The van der Waals surface area contributed by atoms with Crippen LogP contribution in [-0.2, 0) is 6.54 Å². The van der Waals surface area contributed by atoms with E-state index in [0.717, 1.165) is 36.1 Å². The Labute approximate surface area is 106 Å². The molecule has 1 heterocycles. The van der Waals surface area contributed by atoms with Gasteiger partial charge in [0, 0.05) is 44.1 Å². The molecule has 0 unspecified atom stereocenters. The number of thioether (sulfide) groups is 1. The van der Waals surface area contributed by atoms with E-state index in [1.807, 2.05) is 12.4 Å². The Morgan fingerprint density at radius 2 is 1.88 bits per heavy atom. The minimum Gasteiger partial charge on any atom is -0.395 e. The van der Waals surface area contributed by atoms with Gasteiger partial charge in [-0.3, -0.25) is 0 Å². The quantitative estimate of drug-likeness (QED) is 0.334. The monoisotopic (exact) mass is 256 g/mol. The molecule has 0 aliphatic heterocycles. The molecule has 0 atom stereocenters. The van der Waals surface area contributed by atoms with Crippen LogP contribution in [0.5, 0.6) is 0 Å². The normalized spacial score (nSPS) is 10.7. The number of hydrogen-bond donors (Lipinski definition) is 3.